The summed E-state index contributed by atoms with van der Waals surface area (Å²) in [7, 11) is 0.818. The molecule has 0 aromatic carbocycles. The number of ether oxygens (including phenoxy) is 1. The first-order valence-electron chi connectivity index (χ1n) is 3.97. The number of alkyl halides is 6. The molecule has 0 aromatic heterocycles. The number of hydrogen-bond acceptors (Lipinski definition) is 3. The highest BCUT2D eigenvalue weighted by Crippen LogP contribution is 2.41. The van der Waals surface area contributed by atoms with Crippen LogP contribution < -0.4 is 5.73 Å². The lowest BCUT2D eigenvalue weighted by atomic mass is 9.99. The molecule has 0 heterocycles. The zero-order chi connectivity index (χ0) is 13.1. The lowest BCUT2D eigenvalue weighted by Crippen LogP contribution is -2.43. The molecule has 0 rings (SSSR count). The third kappa shape index (κ3) is 5.97. The van der Waals surface area contributed by atoms with E-state index in [1.165, 1.54) is 0 Å². The molecule has 0 fully saturated rings. The molecule has 2 N–H and O–H groups in total. The molecule has 0 aliphatic heterocycles. The zero-order valence-corrected chi connectivity index (χ0v) is 9.25. The molecule has 0 amide bonds. The van der Waals surface area contributed by atoms with Crippen molar-refractivity contribution in [3.8, 4) is 0 Å². The Hall–Kier alpha value is -0.700. The molecular weight excluding hydrogens is 280 g/mol. The lowest BCUT2D eigenvalue weighted by Gasteiger charge is -2.24. The van der Waals surface area contributed by atoms with Gasteiger partial charge in [0.1, 0.15) is 6.04 Å². The molecule has 17 heavy (non-hydrogen) atoms. The van der Waals surface area contributed by atoms with E-state index in [1.807, 2.05) is 0 Å². The Balaban J connectivity index is 0. The van der Waals surface area contributed by atoms with E-state index in [0.29, 0.717) is 0 Å². The second-order valence-corrected chi connectivity index (χ2v) is 3.00. The van der Waals surface area contributed by atoms with Crippen LogP contribution in [0.4, 0.5) is 26.3 Å². The van der Waals surface area contributed by atoms with Gasteiger partial charge in [-0.3, -0.25) is 4.79 Å². The van der Waals surface area contributed by atoms with Crippen LogP contribution in [0.15, 0.2) is 0 Å². The van der Waals surface area contributed by atoms with Gasteiger partial charge in [-0.2, -0.15) is 26.3 Å². The highest BCUT2D eigenvalue weighted by atomic mass is 35.5. The van der Waals surface area contributed by atoms with Crippen LogP contribution in [-0.2, 0) is 9.53 Å². The minimum absolute atomic E-state index is 0. The minimum atomic E-state index is -5.50. The first-order chi connectivity index (χ1) is 7.00. The van der Waals surface area contributed by atoms with Gasteiger partial charge >= 0.3 is 18.3 Å². The highest BCUT2D eigenvalue weighted by molar-refractivity contribution is 5.85. The average Bonchev–Trinajstić information content (AvgIpc) is 2.08. The molecule has 3 nitrogen and oxygen atoms in total. The van der Waals surface area contributed by atoms with Crippen LogP contribution in [0.3, 0.4) is 0 Å². The zero-order valence-electron chi connectivity index (χ0n) is 8.43. The van der Waals surface area contributed by atoms with E-state index in [2.05, 4.69) is 4.74 Å². The van der Waals surface area contributed by atoms with E-state index in [4.69, 9.17) is 5.73 Å². The molecule has 0 aromatic rings. The summed E-state index contributed by atoms with van der Waals surface area (Å²) in [5.74, 6) is -4.95. The number of nitrogens with two attached hydrogens (primary N) is 1. The van der Waals surface area contributed by atoms with Crippen molar-refractivity contribution in [1.29, 1.82) is 0 Å². The summed E-state index contributed by atoms with van der Waals surface area (Å²) in [5, 5.41) is 0. The Bertz CT molecular complexity index is 240. The van der Waals surface area contributed by atoms with Crippen molar-refractivity contribution in [2.45, 2.75) is 24.8 Å². The summed E-state index contributed by atoms with van der Waals surface area (Å²) in [4.78, 5) is 10.6. The number of halogens is 7. The second-order valence-electron chi connectivity index (χ2n) is 3.00. The van der Waals surface area contributed by atoms with Crippen LogP contribution >= 0.6 is 12.4 Å². The Morgan fingerprint density at radius 2 is 1.53 bits per heavy atom. The van der Waals surface area contributed by atoms with Crippen LogP contribution in [0.5, 0.6) is 0 Å². The smallest absolute Gasteiger partial charge is 0.400 e. The van der Waals surface area contributed by atoms with Crippen molar-refractivity contribution in [2.75, 3.05) is 7.11 Å². The standard InChI is InChI=1S/C7H9F6NO2.ClH/c1-16-5(15)3(14)2-4(6(8,9)10)7(11,12)13;/h3-4H,2,14H2,1H3;1H/t3-;/m0./s1. The van der Waals surface area contributed by atoms with E-state index in [0.717, 1.165) is 7.11 Å². The van der Waals surface area contributed by atoms with Crippen LogP contribution in [0.2, 0.25) is 0 Å². The molecule has 0 aliphatic carbocycles. The van der Waals surface area contributed by atoms with Gasteiger partial charge < -0.3 is 10.5 Å². The van der Waals surface area contributed by atoms with Crippen LogP contribution in [0.25, 0.3) is 0 Å². The number of rotatable bonds is 3. The number of carbonyl (C=O) groups excluding carboxylic acids is 1. The Labute approximate surface area is 98.7 Å². The molecular formula is C7H10ClF6NO2. The van der Waals surface area contributed by atoms with Crippen molar-refractivity contribution in [3.05, 3.63) is 0 Å². The van der Waals surface area contributed by atoms with E-state index in [-0.39, 0.29) is 12.4 Å². The largest absolute Gasteiger partial charge is 0.468 e. The maximum Gasteiger partial charge on any atom is 0.400 e. The highest BCUT2D eigenvalue weighted by Gasteiger charge is 2.57. The first kappa shape index (κ1) is 18.7. The van der Waals surface area contributed by atoms with Crippen molar-refractivity contribution in [1.82, 2.24) is 0 Å². The fourth-order valence-corrected chi connectivity index (χ4v) is 0.954. The quantitative estimate of drug-likeness (QED) is 0.639. The van der Waals surface area contributed by atoms with Gasteiger partial charge in [0.15, 0.2) is 5.92 Å². The summed E-state index contributed by atoms with van der Waals surface area (Å²) in [6, 6.07) is -1.96. The lowest BCUT2D eigenvalue weighted by molar-refractivity contribution is -0.286. The van der Waals surface area contributed by atoms with Gasteiger partial charge in [0.25, 0.3) is 0 Å². The van der Waals surface area contributed by atoms with Crippen molar-refractivity contribution < 1.29 is 35.9 Å². The fourth-order valence-electron chi connectivity index (χ4n) is 0.954. The number of methoxy groups -OCH3 is 1. The number of esters is 1. The minimum Gasteiger partial charge on any atom is -0.468 e. The van der Waals surface area contributed by atoms with E-state index in [1.54, 1.807) is 0 Å². The Morgan fingerprint density at radius 1 is 1.18 bits per heavy atom. The molecule has 0 radical (unpaired) electrons. The van der Waals surface area contributed by atoms with Crippen LogP contribution in [0.1, 0.15) is 6.42 Å². The molecule has 1 atom stereocenters. The van der Waals surface area contributed by atoms with Crippen LogP contribution in [-0.4, -0.2) is 31.5 Å². The van der Waals surface area contributed by atoms with Gasteiger partial charge in [-0.15, -0.1) is 12.4 Å². The average molecular weight is 290 g/mol. The van der Waals surface area contributed by atoms with Crippen molar-refractivity contribution in [3.63, 3.8) is 0 Å². The summed E-state index contributed by atoms with van der Waals surface area (Å²) in [5.41, 5.74) is 4.85. The fraction of sp³-hybridized carbons (Fsp3) is 0.857. The second kappa shape index (κ2) is 6.29. The molecule has 104 valence electrons. The van der Waals surface area contributed by atoms with E-state index < -0.39 is 36.7 Å². The summed E-state index contributed by atoms with van der Waals surface area (Å²) in [6.45, 7) is 0. The molecule has 0 saturated heterocycles. The van der Waals surface area contributed by atoms with Gasteiger partial charge in [-0.25, -0.2) is 0 Å². The SMILES string of the molecule is COC(=O)[C@@H](N)CC(C(F)(F)F)C(F)(F)F.Cl. The van der Waals surface area contributed by atoms with Gasteiger partial charge in [0.05, 0.1) is 7.11 Å². The van der Waals surface area contributed by atoms with Gasteiger partial charge in [-0.05, 0) is 6.42 Å². The summed E-state index contributed by atoms with van der Waals surface area (Å²) in [6.07, 6.45) is -12.6. The maximum atomic E-state index is 12.0. The Kier molecular flexibility index (Phi) is 6.91. The van der Waals surface area contributed by atoms with Crippen molar-refractivity contribution in [2.24, 2.45) is 11.7 Å². The monoisotopic (exact) mass is 289 g/mol. The summed E-state index contributed by atoms with van der Waals surface area (Å²) < 4.78 is 76.0. The first-order valence-corrected chi connectivity index (χ1v) is 3.97. The third-order valence-electron chi connectivity index (χ3n) is 1.78. The number of carbonyl (C=O) groups is 1. The van der Waals surface area contributed by atoms with Crippen molar-refractivity contribution >= 4 is 18.4 Å². The topological polar surface area (TPSA) is 52.3 Å². The molecule has 0 unspecified atom stereocenters. The Morgan fingerprint density at radius 3 is 1.76 bits per heavy atom. The molecule has 0 aliphatic rings. The van der Waals surface area contributed by atoms with E-state index in [9.17, 15) is 31.1 Å². The van der Waals surface area contributed by atoms with E-state index >= 15 is 0 Å². The van der Waals surface area contributed by atoms with Gasteiger partial charge in [0, 0.05) is 0 Å². The van der Waals surface area contributed by atoms with Gasteiger partial charge in [-0.1, -0.05) is 0 Å². The van der Waals surface area contributed by atoms with Gasteiger partial charge in [0.2, 0.25) is 0 Å². The molecule has 0 spiro atoms. The molecule has 0 saturated carbocycles. The normalized spacial score (nSPS) is 14.2. The molecule has 10 heteroatoms. The van der Waals surface area contributed by atoms with Crippen LogP contribution in [0, 0.1) is 5.92 Å². The maximum absolute atomic E-state index is 12.0. The number of hydrogen-bond donors (Lipinski definition) is 1. The molecule has 0 bridgehead atoms. The predicted octanol–water partition coefficient (Wildman–Crippen LogP) is 2.04. The third-order valence-corrected chi connectivity index (χ3v) is 1.78. The predicted molar refractivity (Wildman–Crippen MR) is 47.5 cm³/mol. The summed E-state index contributed by atoms with van der Waals surface area (Å²) >= 11 is 0.